The number of hydrogen-bond donors (Lipinski definition) is 0. The number of hydrogen-bond acceptors (Lipinski definition) is 4. The van der Waals surface area contributed by atoms with E-state index < -0.39 is 10.0 Å². The van der Waals surface area contributed by atoms with Gasteiger partial charge in [0.1, 0.15) is 23.4 Å². The van der Waals surface area contributed by atoms with E-state index in [1.54, 1.807) is 37.4 Å². The molecule has 0 radical (unpaired) electrons. The Morgan fingerprint density at radius 2 is 1.83 bits per heavy atom. The lowest BCUT2D eigenvalue weighted by Crippen LogP contribution is -2.27. The first-order valence-electron chi connectivity index (χ1n) is 7.38. The summed E-state index contributed by atoms with van der Waals surface area (Å²) in [6.07, 6.45) is 0.0693. The van der Waals surface area contributed by atoms with Gasteiger partial charge in [-0.2, -0.15) is 0 Å². The van der Waals surface area contributed by atoms with E-state index in [1.165, 1.54) is 4.31 Å². The number of sulfonamides is 1. The maximum absolute atomic E-state index is 13.0. The van der Waals surface area contributed by atoms with Crippen LogP contribution in [0.15, 0.2) is 53.4 Å². The van der Waals surface area contributed by atoms with Crippen molar-refractivity contribution in [1.29, 1.82) is 0 Å². The van der Waals surface area contributed by atoms with E-state index in [1.807, 2.05) is 25.1 Å². The maximum Gasteiger partial charge on any atom is 0.267 e. The Kier molecular flexibility index (Phi) is 4.28. The molecule has 1 saturated heterocycles. The molecule has 1 heterocycles. The highest BCUT2D eigenvalue weighted by atomic mass is 32.2. The van der Waals surface area contributed by atoms with Crippen molar-refractivity contribution in [3.05, 3.63) is 54.1 Å². The summed E-state index contributed by atoms with van der Waals surface area (Å²) in [6, 6.07) is 14.1. The Balaban J connectivity index is 1.94. The molecule has 3 rings (SSSR count). The Labute approximate surface area is 136 Å². The number of epoxide rings is 1. The summed E-state index contributed by atoms with van der Waals surface area (Å²) in [5, 5.41) is 0. The first kappa shape index (κ1) is 15.8. The van der Waals surface area contributed by atoms with Crippen LogP contribution in [0.1, 0.15) is 5.56 Å². The molecule has 1 aliphatic rings. The molecule has 122 valence electrons. The summed E-state index contributed by atoms with van der Waals surface area (Å²) in [4.78, 5) is 0.159. The van der Waals surface area contributed by atoms with E-state index in [-0.39, 0.29) is 11.0 Å². The van der Waals surface area contributed by atoms with Crippen LogP contribution in [0.5, 0.6) is 5.75 Å². The topological polar surface area (TPSA) is 59.1 Å². The van der Waals surface area contributed by atoms with Gasteiger partial charge in [0.2, 0.25) is 0 Å². The van der Waals surface area contributed by atoms with Crippen molar-refractivity contribution in [3.8, 4) is 5.75 Å². The molecule has 1 unspecified atom stereocenters. The fourth-order valence-corrected chi connectivity index (χ4v) is 3.71. The zero-order valence-electron chi connectivity index (χ0n) is 13.1. The molecular formula is C17H19NO4S. The van der Waals surface area contributed by atoms with E-state index in [0.29, 0.717) is 24.7 Å². The lowest BCUT2D eigenvalue weighted by atomic mass is 10.2. The Hall–Kier alpha value is -2.05. The van der Waals surface area contributed by atoms with Crippen molar-refractivity contribution in [1.82, 2.24) is 0 Å². The molecule has 0 amide bonds. The summed E-state index contributed by atoms with van der Waals surface area (Å²) in [7, 11) is -2.15. The van der Waals surface area contributed by atoms with E-state index in [9.17, 15) is 8.42 Å². The van der Waals surface area contributed by atoms with E-state index >= 15 is 0 Å². The van der Waals surface area contributed by atoms with Crippen molar-refractivity contribution in [2.24, 2.45) is 0 Å². The van der Waals surface area contributed by atoms with Crippen LogP contribution in [0.25, 0.3) is 0 Å². The standard InChI is InChI=1S/C17H19NO4S/c1-13-7-3-4-8-15(13)18(2)23(19,20)17-10-6-5-9-16(17)22-12-14-11-21-14/h3-10,14H,11-12H2,1-2H3. The molecular weight excluding hydrogens is 314 g/mol. The highest BCUT2D eigenvalue weighted by Gasteiger charge is 2.28. The van der Waals surface area contributed by atoms with E-state index in [0.717, 1.165) is 5.56 Å². The number of para-hydroxylation sites is 2. The second-order valence-corrected chi connectivity index (χ2v) is 7.41. The van der Waals surface area contributed by atoms with Gasteiger partial charge in [0.25, 0.3) is 10.0 Å². The summed E-state index contributed by atoms with van der Waals surface area (Å²) < 4.78 is 38.0. The molecule has 0 bridgehead atoms. The van der Waals surface area contributed by atoms with Gasteiger partial charge < -0.3 is 9.47 Å². The fraction of sp³-hybridized carbons (Fsp3) is 0.294. The molecule has 0 saturated carbocycles. The SMILES string of the molecule is Cc1ccccc1N(C)S(=O)(=O)c1ccccc1OCC1CO1. The quantitative estimate of drug-likeness (QED) is 0.763. The maximum atomic E-state index is 13.0. The van der Waals surface area contributed by atoms with Crippen molar-refractivity contribution in [2.45, 2.75) is 17.9 Å². The molecule has 0 aliphatic carbocycles. The van der Waals surface area contributed by atoms with Gasteiger partial charge in [0, 0.05) is 7.05 Å². The van der Waals surface area contributed by atoms with Gasteiger partial charge in [-0.3, -0.25) is 4.31 Å². The van der Waals surface area contributed by atoms with Crippen LogP contribution in [-0.2, 0) is 14.8 Å². The first-order valence-corrected chi connectivity index (χ1v) is 8.82. The molecule has 0 spiro atoms. The third-order valence-electron chi connectivity index (χ3n) is 3.77. The summed E-state index contributed by atoms with van der Waals surface area (Å²) in [6.45, 7) is 2.91. The smallest absolute Gasteiger partial charge is 0.267 e. The van der Waals surface area contributed by atoms with E-state index in [2.05, 4.69) is 0 Å². The van der Waals surface area contributed by atoms with Crippen LogP contribution in [0.3, 0.4) is 0 Å². The monoisotopic (exact) mass is 333 g/mol. The highest BCUT2D eigenvalue weighted by molar-refractivity contribution is 7.92. The Bertz CT molecular complexity index is 800. The van der Waals surface area contributed by atoms with Gasteiger partial charge in [0.15, 0.2) is 0 Å². The number of benzene rings is 2. The fourth-order valence-electron chi connectivity index (χ4n) is 2.32. The second-order valence-electron chi connectivity index (χ2n) is 5.47. The lowest BCUT2D eigenvalue weighted by Gasteiger charge is -2.22. The number of aryl methyl sites for hydroxylation is 1. The van der Waals surface area contributed by atoms with Crippen molar-refractivity contribution < 1.29 is 17.9 Å². The molecule has 6 heteroatoms. The third-order valence-corrected chi connectivity index (χ3v) is 5.58. The Morgan fingerprint density at radius 1 is 1.17 bits per heavy atom. The summed E-state index contributed by atoms with van der Waals surface area (Å²) in [5.74, 6) is 0.350. The van der Waals surface area contributed by atoms with Crippen LogP contribution in [0.4, 0.5) is 5.69 Å². The summed E-state index contributed by atoms with van der Waals surface area (Å²) in [5.41, 5.74) is 1.54. The number of nitrogens with zero attached hydrogens (tertiary/aromatic N) is 1. The number of anilines is 1. The van der Waals surface area contributed by atoms with Gasteiger partial charge in [0.05, 0.1) is 12.3 Å². The molecule has 1 fully saturated rings. The molecule has 1 atom stereocenters. The molecule has 23 heavy (non-hydrogen) atoms. The van der Waals surface area contributed by atoms with Gasteiger partial charge in [-0.25, -0.2) is 8.42 Å². The zero-order valence-corrected chi connectivity index (χ0v) is 13.9. The van der Waals surface area contributed by atoms with Gasteiger partial charge in [-0.05, 0) is 30.7 Å². The van der Waals surface area contributed by atoms with Crippen molar-refractivity contribution >= 4 is 15.7 Å². The van der Waals surface area contributed by atoms with Crippen LogP contribution < -0.4 is 9.04 Å². The van der Waals surface area contributed by atoms with Gasteiger partial charge in [-0.1, -0.05) is 30.3 Å². The molecule has 1 aliphatic heterocycles. The van der Waals surface area contributed by atoms with Crippen LogP contribution in [-0.4, -0.2) is 34.8 Å². The molecule has 0 aromatic heterocycles. The number of ether oxygens (including phenoxy) is 2. The second kappa shape index (κ2) is 6.22. The Morgan fingerprint density at radius 3 is 2.52 bits per heavy atom. The zero-order chi connectivity index (χ0) is 16.4. The van der Waals surface area contributed by atoms with Crippen LogP contribution >= 0.6 is 0 Å². The van der Waals surface area contributed by atoms with Gasteiger partial charge >= 0.3 is 0 Å². The predicted molar refractivity (Wildman–Crippen MR) is 88.4 cm³/mol. The number of rotatable bonds is 6. The molecule has 2 aromatic carbocycles. The minimum atomic E-state index is -3.71. The minimum Gasteiger partial charge on any atom is -0.489 e. The van der Waals surface area contributed by atoms with Crippen molar-refractivity contribution in [3.63, 3.8) is 0 Å². The summed E-state index contributed by atoms with van der Waals surface area (Å²) >= 11 is 0. The molecule has 2 aromatic rings. The van der Waals surface area contributed by atoms with Crippen molar-refractivity contribution in [2.75, 3.05) is 24.6 Å². The predicted octanol–water partition coefficient (Wildman–Crippen LogP) is 2.60. The highest BCUT2D eigenvalue weighted by Crippen LogP contribution is 2.30. The molecule has 5 nitrogen and oxygen atoms in total. The lowest BCUT2D eigenvalue weighted by molar-refractivity contribution is 0.258. The minimum absolute atomic E-state index is 0.0693. The van der Waals surface area contributed by atoms with Gasteiger partial charge in [-0.15, -0.1) is 0 Å². The average Bonchev–Trinajstić information content (AvgIpc) is 3.37. The largest absolute Gasteiger partial charge is 0.489 e. The normalized spacial score (nSPS) is 16.9. The molecule has 0 N–H and O–H groups in total. The van der Waals surface area contributed by atoms with Crippen LogP contribution in [0.2, 0.25) is 0 Å². The first-order chi connectivity index (χ1) is 11.0. The average molecular weight is 333 g/mol. The van der Waals surface area contributed by atoms with Crippen LogP contribution in [0, 0.1) is 6.92 Å². The van der Waals surface area contributed by atoms with E-state index in [4.69, 9.17) is 9.47 Å². The third kappa shape index (κ3) is 3.33.